The van der Waals surface area contributed by atoms with Crippen LogP contribution in [0.25, 0.3) is 0 Å². The lowest BCUT2D eigenvalue weighted by Gasteiger charge is -2.14. The zero-order valence-electron chi connectivity index (χ0n) is 11.6. The molecule has 6 heteroatoms. The predicted molar refractivity (Wildman–Crippen MR) is 71.5 cm³/mol. The zero-order chi connectivity index (χ0) is 15.0. The van der Waals surface area contributed by atoms with Crippen LogP contribution in [-0.4, -0.2) is 54.0 Å². The molecular weight excluding hydrogens is 276 g/mol. The Labute approximate surface area is 122 Å². The summed E-state index contributed by atoms with van der Waals surface area (Å²) < 4.78 is 15.8. The Morgan fingerprint density at radius 3 is 2.71 bits per heavy atom. The lowest BCUT2D eigenvalue weighted by Crippen LogP contribution is -2.35. The van der Waals surface area contributed by atoms with Crippen LogP contribution >= 0.6 is 0 Å². The van der Waals surface area contributed by atoms with E-state index in [9.17, 15) is 15.0 Å². The summed E-state index contributed by atoms with van der Waals surface area (Å²) in [5.74, 6) is -0.538. The number of carbonyl (C=O) groups excluding carboxylic acids is 1. The van der Waals surface area contributed by atoms with E-state index in [-0.39, 0.29) is 12.5 Å². The summed E-state index contributed by atoms with van der Waals surface area (Å²) in [6, 6.07) is 8.70. The topological polar surface area (TPSA) is 85.2 Å². The molecule has 0 bridgehead atoms. The first-order chi connectivity index (χ1) is 10.1. The second-order valence-corrected chi connectivity index (χ2v) is 5.48. The largest absolute Gasteiger partial charge is 0.462 e. The van der Waals surface area contributed by atoms with Gasteiger partial charge < -0.3 is 24.4 Å². The molecule has 1 aromatic carbocycles. The molecule has 1 aromatic rings. The van der Waals surface area contributed by atoms with E-state index in [1.165, 1.54) is 7.11 Å². The minimum absolute atomic E-state index is 0.130. The van der Waals surface area contributed by atoms with Gasteiger partial charge in [-0.1, -0.05) is 18.2 Å². The second kappa shape index (κ2) is 5.38. The van der Waals surface area contributed by atoms with Gasteiger partial charge in [0.25, 0.3) is 0 Å². The number of ether oxygens (including phenoxy) is 3. The zero-order valence-corrected chi connectivity index (χ0v) is 11.6. The quantitative estimate of drug-likeness (QED) is 0.778. The van der Waals surface area contributed by atoms with Gasteiger partial charge in [0.1, 0.15) is 17.8 Å². The number of aliphatic hydroxyl groups is 2. The summed E-state index contributed by atoms with van der Waals surface area (Å²) in [4.78, 5) is 11.8. The molecule has 0 aromatic heterocycles. The maximum atomic E-state index is 11.8. The van der Waals surface area contributed by atoms with Gasteiger partial charge in [0, 0.05) is 13.0 Å². The van der Waals surface area contributed by atoms with Crippen LogP contribution in [0.3, 0.4) is 0 Å². The number of esters is 1. The molecule has 1 spiro atoms. The Morgan fingerprint density at radius 2 is 2.10 bits per heavy atom. The molecule has 114 valence electrons. The Morgan fingerprint density at radius 1 is 1.38 bits per heavy atom. The van der Waals surface area contributed by atoms with E-state index < -0.39 is 30.1 Å². The van der Waals surface area contributed by atoms with Crippen molar-refractivity contribution in [1.29, 1.82) is 0 Å². The second-order valence-electron chi connectivity index (χ2n) is 5.48. The minimum atomic E-state index is -1.08. The average molecular weight is 294 g/mol. The Kier molecular flexibility index (Phi) is 3.71. The molecular formula is C15H18O6. The molecule has 1 saturated heterocycles. The van der Waals surface area contributed by atoms with Crippen LogP contribution in [-0.2, 0) is 14.2 Å². The van der Waals surface area contributed by atoms with Gasteiger partial charge in [0.05, 0.1) is 12.2 Å². The Bertz CT molecular complexity index is 518. The molecule has 2 N–H and O–H groups in total. The Balaban J connectivity index is 1.56. The molecule has 3 rings (SSSR count). The summed E-state index contributed by atoms with van der Waals surface area (Å²) in [7, 11) is 1.41. The van der Waals surface area contributed by atoms with Gasteiger partial charge in [0.15, 0.2) is 6.29 Å². The SMILES string of the molecule is COC1O[C@@]2(C[C@H]2COC(=O)c2ccccc2)C(O)[C@@H]1O. The fraction of sp³-hybridized carbons (Fsp3) is 0.533. The van der Waals surface area contributed by atoms with Crippen LogP contribution in [0, 0.1) is 5.92 Å². The van der Waals surface area contributed by atoms with Crippen molar-refractivity contribution >= 4 is 5.97 Å². The smallest absolute Gasteiger partial charge is 0.338 e. The first kappa shape index (κ1) is 14.5. The third-order valence-electron chi connectivity index (χ3n) is 4.19. The van der Waals surface area contributed by atoms with Crippen molar-refractivity contribution < 1.29 is 29.2 Å². The fourth-order valence-electron chi connectivity index (χ4n) is 2.85. The number of hydrogen-bond donors (Lipinski definition) is 2. The van der Waals surface area contributed by atoms with Crippen molar-refractivity contribution in [3.05, 3.63) is 35.9 Å². The van der Waals surface area contributed by atoms with Crippen LogP contribution in [0.15, 0.2) is 30.3 Å². The summed E-state index contributed by atoms with van der Waals surface area (Å²) in [5.41, 5.74) is -0.369. The lowest BCUT2D eigenvalue weighted by atomic mass is 10.1. The van der Waals surface area contributed by atoms with Gasteiger partial charge >= 0.3 is 5.97 Å². The van der Waals surface area contributed by atoms with Gasteiger partial charge in [-0.15, -0.1) is 0 Å². The lowest BCUT2D eigenvalue weighted by molar-refractivity contribution is -0.157. The van der Waals surface area contributed by atoms with E-state index in [1.54, 1.807) is 24.3 Å². The van der Waals surface area contributed by atoms with Crippen molar-refractivity contribution in [2.75, 3.05) is 13.7 Å². The maximum absolute atomic E-state index is 11.8. The number of methoxy groups -OCH3 is 1. The van der Waals surface area contributed by atoms with Gasteiger partial charge in [-0.05, 0) is 18.6 Å². The van der Waals surface area contributed by atoms with Gasteiger partial charge in [0.2, 0.25) is 0 Å². The van der Waals surface area contributed by atoms with E-state index in [0.717, 1.165) is 0 Å². The summed E-state index contributed by atoms with van der Waals surface area (Å²) in [6.07, 6.45) is -2.41. The summed E-state index contributed by atoms with van der Waals surface area (Å²) in [5, 5.41) is 19.8. The first-order valence-corrected chi connectivity index (χ1v) is 6.87. The van der Waals surface area contributed by atoms with Crippen LogP contribution < -0.4 is 0 Å². The maximum Gasteiger partial charge on any atom is 0.338 e. The number of benzene rings is 1. The van der Waals surface area contributed by atoms with Crippen molar-refractivity contribution in [1.82, 2.24) is 0 Å². The van der Waals surface area contributed by atoms with Crippen LogP contribution in [0.4, 0.5) is 0 Å². The summed E-state index contributed by atoms with van der Waals surface area (Å²) in [6.45, 7) is 0.147. The summed E-state index contributed by atoms with van der Waals surface area (Å²) >= 11 is 0. The van der Waals surface area contributed by atoms with Gasteiger partial charge in [-0.3, -0.25) is 0 Å². The predicted octanol–water partition coefficient (Wildman–Crippen LogP) is 0.327. The van der Waals surface area contributed by atoms with Crippen molar-refractivity contribution in [3.63, 3.8) is 0 Å². The van der Waals surface area contributed by atoms with Crippen LogP contribution in [0.5, 0.6) is 0 Å². The molecule has 2 aliphatic rings. The van der Waals surface area contributed by atoms with Crippen molar-refractivity contribution in [2.24, 2.45) is 5.92 Å². The van der Waals surface area contributed by atoms with Gasteiger partial charge in [-0.25, -0.2) is 4.79 Å². The molecule has 0 amide bonds. The fourth-order valence-corrected chi connectivity index (χ4v) is 2.85. The molecule has 21 heavy (non-hydrogen) atoms. The first-order valence-electron chi connectivity index (χ1n) is 6.87. The molecule has 2 fully saturated rings. The standard InChI is InChI=1S/C15H18O6/c1-19-14-11(16)12(17)15(21-14)7-10(15)8-20-13(18)9-5-3-2-4-6-9/h2-6,10-12,14,16-17H,7-8H2,1H3/t10-,11-,12?,14?,15+/m0/s1. The molecule has 0 radical (unpaired) electrons. The molecule has 1 saturated carbocycles. The van der Waals surface area contributed by atoms with Crippen molar-refractivity contribution in [2.45, 2.75) is 30.5 Å². The highest BCUT2D eigenvalue weighted by molar-refractivity contribution is 5.89. The number of carbonyl (C=O) groups is 1. The van der Waals surface area contributed by atoms with E-state index in [2.05, 4.69) is 0 Å². The highest BCUT2D eigenvalue weighted by Crippen LogP contribution is 2.55. The third kappa shape index (κ3) is 2.44. The number of hydrogen-bond acceptors (Lipinski definition) is 6. The third-order valence-corrected chi connectivity index (χ3v) is 4.19. The van der Waals surface area contributed by atoms with Gasteiger partial charge in [-0.2, -0.15) is 0 Å². The van der Waals surface area contributed by atoms with E-state index >= 15 is 0 Å². The monoisotopic (exact) mass is 294 g/mol. The average Bonchev–Trinajstić information content (AvgIpc) is 3.17. The molecule has 1 aliphatic carbocycles. The van der Waals surface area contributed by atoms with Crippen LogP contribution in [0.2, 0.25) is 0 Å². The minimum Gasteiger partial charge on any atom is -0.462 e. The highest BCUT2D eigenvalue weighted by atomic mass is 16.7. The highest BCUT2D eigenvalue weighted by Gasteiger charge is 2.69. The molecule has 5 atom stereocenters. The molecule has 1 aliphatic heterocycles. The van der Waals surface area contributed by atoms with Crippen molar-refractivity contribution in [3.8, 4) is 0 Å². The van der Waals surface area contributed by atoms with E-state index in [0.29, 0.717) is 12.0 Å². The molecule has 6 nitrogen and oxygen atoms in total. The van der Waals surface area contributed by atoms with Crippen LogP contribution in [0.1, 0.15) is 16.8 Å². The van der Waals surface area contributed by atoms with E-state index in [1.807, 2.05) is 6.07 Å². The number of rotatable bonds is 4. The normalized spacial score (nSPS) is 37.7. The van der Waals surface area contributed by atoms with E-state index in [4.69, 9.17) is 14.2 Å². The molecule has 2 unspecified atom stereocenters. The number of aliphatic hydroxyl groups excluding tert-OH is 2. The molecule has 1 heterocycles. The Hall–Kier alpha value is -1.47.